The van der Waals surface area contributed by atoms with Crippen LogP contribution in [0.1, 0.15) is 11.5 Å². The van der Waals surface area contributed by atoms with E-state index in [1.165, 1.54) is 0 Å². The van der Waals surface area contributed by atoms with Crippen LogP contribution in [0.2, 0.25) is 0 Å². The highest BCUT2D eigenvalue weighted by Crippen LogP contribution is 2.28. The zero-order valence-electron chi connectivity index (χ0n) is 8.74. The van der Waals surface area contributed by atoms with Gasteiger partial charge in [0.2, 0.25) is 0 Å². The molecule has 1 aromatic heterocycles. The molecule has 0 aliphatic heterocycles. The van der Waals surface area contributed by atoms with Gasteiger partial charge in [0.1, 0.15) is 5.76 Å². The Balaban J connectivity index is 2.53. The molecule has 0 spiro atoms. The molecule has 0 saturated carbocycles. The molecule has 0 fully saturated rings. The summed E-state index contributed by atoms with van der Waals surface area (Å²) in [7, 11) is 5.36. The smallest absolute Gasteiger partial charge is 0.141 e. The van der Waals surface area contributed by atoms with Gasteiger partial charge in [-0.15, -0.1) is 0 Å². The minimum absolute atomic E-state index is 0.821. The lowest BCUT2D eigenvalue weighted by Crippen LogP contribution is -1.86. The van der Waals surface area contributed by atoms with E-state index in [4.69, 9.17) is 11.6 Å². The molecular weight excluding hydrogens is 188 g/mol. The van der Waals surface area contributed by atoms with Crippen molar-refractivity contribution < 1.29 is 4.52 Å². The van der Waals surface area contributed by atoms with Crippen LogP contribution in [0.3, 0.4) is 0 Å². The molecule has 0 aliphatic carbocycles. The monoisotopic (exact) mass is 200 g/mol. The first-order valence-corrected chi connectivity index (χ1v) is 4.72. The van der Waals surface area contributed by atoms with Gasteiger partial charge < -0.3 is 9.84 Å². The van der Waals surface area contributed by atoms with Crippen molar-refractivity contribution in [2.45, 2.75) is 13.8 Å². The van der Waals surface area contributed by atoms with Crippen LogP contribution in [0, 0.1) is 20.9 Å². The molecule has 0 unspecified atom stereocenters. The molecule has 76 valence electrons. The molecule has 0 bridgehead atoms. The van der Waals surface area contributed by atoms with Crippen molar-refractivity contribution in [3.8, 4) is 11.1 Å². The fraction of sp³-hybridized carbons (Fsp3) is 0.167. The number of rotatable bonds is 2. The Morgan fingerprint density at radius 1 is 1.33 bits per heavy atom. The minimum Gasteiger partial charge on any atom is -0.378 e. The van der Waals surface area contributed by atoms with E-state index >= 15 is 0 Å². The van der Waals surface area contributed by atoms with Crippen LogP contribution in [0.5, 0.6) is 0 Å². The van der Waals surface area contributed by atoms with Crippen LogP contribution < -0.4 is 5.32 Å². The molecule has 3 nitrogen and oxygen atoms in total. The first-order valence-electron chi connectivity index (χ1n) is 4.72. The summed E-state index contributed by atoms with van der Waals surface area (Å²) >= 11 is 0. The summed E-state index contributed by atoms with van der Waals surface area (Å²) in [6, 6.07) is 7.82. The second-order valence-corrected chi connectivity index (χ2v) is 3.42. The first kappa shape index (κ1) is 9.77. The number of nitrogens with zero attached hydrogens (tertiary/aromatic N) is 1. The standard InChI is InChI=1S/C12H12N2O/c1-8-12(9(2)15-14-8)10-5-4-6-11(7-10)13-3/h3-7,13H,1-2H3. The highest BCUT2D eigenvalue weighted by atomic mass is 16.5. The third-order valence-electron chi connectivity index (χ3n) is 2.35. The quantitative estimate of drug-likeness (QED) is 0.757. The van der Waals surface area contributed by atoms with Crippen molar-refractivity contribution in [3.05, 3.63) is 42.8 Å². The van der Waals surface area contributed by atoms with E-state index in [1.54, 1.807) is 0 Å². The lowest BCUT2D eigenvalue weighted by atomic mass is 10.0. The van der Waals surface area contributed by atoms with Crippen molar-refractivity contribution >= 4 is 5.69 Å². The second-order valence-electron chi connectivity index (χ2n) is 3.42. The minimum atomic E-state index is 0.821. The number of hydrogen-bond acceptors (Lipinski definition) is 3. The fourth-order valence-electron chi connectivity index (χ4n) is 1.66. The van der Waals surface area contributed by atoms with Crippen molar-refractivity contribution in [1.82, 2.24) is 5.16 Å². The Morgan fingerprint density at radius 2 is 2.13 bits per heavy atom. The number of anilines is 1. The van der Waals surface area contributed by atoms with Gasteiger partial charge >= 0.3 is 0 Å². The molecule has 0 aliphatic rings. The van der Waals surface area contributed by atoms with E-state index in [2.05, 4.69) is 10.5 Å². The molecule has 1 heterocycles. The summed E-state index contributed by atoms with van der Waals surface area (Å²) in [6.45, 7) is 3.83. The van der Waals surface area contributed by atoms with Crippen LogP contribution in [0.4, 0.5) is 5.69 Å². The summed E-state index contributed by atoms with van der Waals surface area (Å²) < 4.78 is 5.12. The highest BCUT2D eigenvalue weighted by molar-refractivity contribution is 5.71. The van der Waals surface area contributed by atoms with Crippen LogP contribution in [0.25, 0.3) is 11.1 Å². The molecule has 0 atom stereocenters. The number of nitrogens with one attached hydrogen (secondary N) is 1. The van der Waals surface area contributed by atoms with Gasteiger partial charge in [-0.05, 0) is 31.5 Å². The van der Waals surface area contributed by atoms with Gasteiger partial charge in [-0.1, -0.05) is 17.3 Å². The topological polar surface area (TPSA) is 38.1 Å². The Labute approximate surface area is 89.1 Å². The summed E-state index contributed by atoms with van der Waals surface area (Å²) in [5, 5.41) is 6.54. The molecular formula is C12H12N2O. The molecule has 2 rings (SSSR count). The maximum absolute atomic E-state index is 5.36. The lowest BCUT2D eigenvalue weighted by molar-refractivity contribution is 0.393. The van der Waals surface area contributed by atoms with Crippen LogP contribution in [-0.4, -0.2) is 5.16 Å². The largest absolute Gasteiger partial charge is 0.378 e. The first-order chi connectivity index (χ1) is 7.22. The number of hydrogen-bond donors (Lipinski definition) is 1. The average Bonchev–Trinajstić information content (AvgIpc) is 2.59. The van der Waals surface area contributed by atoms with Crippen LogP contribution in [-0.2, 0) is 0 Å². The Kier molecular flexibility index (Phi) is 2.46. The van der Waals surface area contributed by atoms with E-state index in [9.17, 15) is 0 Å². The van der Waals surface area contributed by atoms with Crippen molar-refractivity contribution in [2.75, 3.05) is 5.32 Å². The molecule has 0 amide bonds. The third-order valence-corrected chi connectivity index (χ3v) is 2.35. The Morgan fingerprint density at radius 3 is 2.73 bits per heavy atom. The molecule has 2 aromatic rings. The highest BCUT2D eigenvalue weighted by Gasteiger charge is 2.11. The zero-order valence-corrected chi connectivity index (χ0v) is 8.74. The molecule has 1 aromatic carbocycles. The van der Waals surface area contributed by atoms with Crippen LogP contribution >= 0.6 is 0 Å². The Bertz CT molecular complexity index is 455. The summed E-state index contributed by atoms with van der Waals surface area (Å²) in [4.78, 5) is 0. The second kappa shape index (κ2) is 3.77. The average molecular weight is 200 g/mol. The summed E-state index contributed by atoms with van der Waals surface area (Å²) in [6.07, 6.45) is 0. The zero-order chi connectivity index (χ0) is 10.8. The van der Waals surface area contributed by atoms with Gasteiger partial charge in [0, 0.05) is 11.3 Å². The maximum Gasteiger partial charge on any atom is 0.141 e. The number of benzene rings is 1. The van der Waals surface area contributed by atoms with E-state index in [0.29, 0.717) is 0 Å². The normalized spacial score (nSPS) is 10.3. The SMILES string of the molecule is [CH]Nc1cccc(-c2c(C)noc2C)c1. The van der Waals surface area contributed by atoms with E-state index < -0.39 is 0 Å². The van der Waals surface area contributed by atoms with Gasteiger partial charge in [-0.2, -0.15) is 0 Å². The van der Waals surface area contributed by atoms with Gasteiger partial charge in [0.25, 0.3) is 0 Å². The van der Waals surface area contributed by atoms with Gasteiger partial charge in [-0.3, -0.25) is 0 Å². The van der Waals surface area contributed by atoms with Gasteiger partial charge in [-0.25, -0.2) is 0 Å². The Hall–Kier alpha value is -1.77. The van der Waals surface area contributed by atoms with Crippen molar-refractivity contribution in [3.63, 3.8) is 0 Å². The van der Waals surface area contributed by atoms with Crippen LogP contribution in [0.15, 0.2) is 28.8 Å². The van der Waals surface area contributed by atoms with Crippen molar-refractivity contribution in [1.29, 1.82) is 0 Å². The summed E-state index contributed by atoms with van der Waals surface area (Å²) in [5.41, 5.74) is 3.85. The van der Waals surface area contributed by atoms with Gasteiger partial charge in [0.15, 0.2) is 0 Å². The maximum atomic E-state index is 5.36. The van der Waals surface area contributed by atoms with Gasteiger partial charge in [0.05, 0.1) is 12.7 Å². The summed E-state index contributed by atoms with van der Waals surface area (Å²) in [5.74, 6) is 0.821. The number of aromatic nitrogens is 1. The van der Waals surface area contributed by atoms with Crippen molar-refractivity contribution in [2.24, 2.45) is 0 Å². The molecule has 1 N–H and O–H groups in total. The van der Waals surface area contributed by atoms with E-state index in [0.717, 1.165) is 28.3 Å². The molecule has 3 heteroatoms. The molecule has 0 saturated heterocycles. The predicted molar refractivity (Wildman–Crippen MR) is 59.3 cm³/mol. The van der Waals surface area contributed by atoms with E-state index in [1.807, 2.05) is 38.1 Å². The number of aryl methyl sites for hydroxylation is 2. The lowest BCUT2D eigenvalue weighted by Gasteiger charge is -2.03. The van der Waals surface area contributed by atoms with E-state index in [-0.39, 0.29) is 0 Å². The molecule has 2 radical (unpaired) electrons. The fourth-order valence-corrected chi connectivity index (χ4v) is 1.66. The predicted octanol–water partition coefficient (Wildman–Crippen LogP) is 3.04. The molecule has 15 heavy (non-hydrogen) atoms. The third kappa shape index (κ3) is 1.73.